The Kier molecular flexibility index (Phi) is 3.90. The van der Waals surface area contributed by atoms with Crippen LogP contribution < -0.4 is 5.32 Å². The lowest BCUT2D eigenvalue weighted by molar-refractivity contribution is -0.137. The second kappa shape index (κ2) is 5.11. The first-order chi connectivity index (χ1) is 8.38. The van der Waals surface area contributed by atoms with Crippen LogP contribution in [-0.2, 0) is 6.18 Å². The second-order valence-electron chi connectivity index (χ2n) is 4.85. The lowest BCUT2D eigenvalue weighted by Crippen LogP contribution is -2.23. The minimum Gasteiger partial charge on any atom is -0.382 e. The maximum atomic E-state index is 12.9. The van der Waals surface area contributed by atoms with Crippen LogP contribution in [-0.4, -0.2) is 6.04 Å². The van der Waals surface area contributed by atoms with Crippen molar-refractivity contribution >= 4 is 21.6 Å². The zero-order valence-corrected chi connectivity index (χ0v) is 11.6. The average molecular weight is 322 g/mol. The first-order valence-electron chi connectivity index (χ1n) is 6.01. The van der Waals surface area contributed by atoms with Crippen LogP contribution in [0, 0.1) is 5.92 Å². The van der Waals surface area contributed by atoms with E-state index in [2.05, 4.69) is 28.2 Å². The molecule has 0 amide bonds. The number of anilines is 1. The van der Waals surface area contributed by atoms with E-state index in [0.29, 0.717) is 10.4 Å². The number of hydrogen-bond acceptors (Lipinski definition) is 1. The summed E-state index contributed by atoms with van der Waals surface area (Å²) in [7, 11) is 0. The minimum atomic E-state index is -4.33. The van der Waals surface area contributed by atoms with Gasteiger partial charge in [-0.25, -0.2) is 0 Å². The maximum absolute atomic E-state index is 12.9. The molecule has 0 spiro atoms. The van der Waals surface area contributed by atoms with Crippen molar-refractivity contribution in [1.29, 1.82) is 0 Å². The SMILES string of the molecule is CC1CCCC1Nc1ccc(Br)cc1C(F)(F)F. The Morgan fingerprint density at radius 3 is 2.56 bits per heavy atom. The van der Waals surface area contributed by atoms with Crippen molar-refractivity contribution in [3.8, 4) is 0 Å². The molecular weight excluding hydrogens is 307 g/mol. The Morgan fingerprint density at radius 1 is 1.28 bits per heavy atom. The van der Waals surface area contributed by atoms with E-state index in [1.807, 2.05) is 0 Å². The molecule has 0 bridgehead atoms. The van der Waals surface area contributed by atoms with Gasteiger partial charge in [0.05, 0.1) is 5.56 Å². The van der Waals surface area contributed by atoms with Gasteiger partial charge in [0.25, 0.3) is 0 Å². The normalized spacial score (nSPS) is 24.3. The fraction of sp³-hybridized carbons (Fsp3) is 0.538. The third-order valence-electron chi connectivity index (χ3n) is 3.49. The van der Waals surface area contributed by atoms with Gasteiger partial charge in [-0.2, -0.15) is 13.2 Å². The first kappa shape index (κ1) is 13.7. The van der Waals surface area contributed by atoms with Crippen LogP contribution in [0.1, 0.15) is 31.7 Å². The highest BCUT2D eigenvalue weighted by atomic mass is 79.9. The molecule has 1 N–H and O–H groups in total. The van der Waals surface area contributed by atoms with E-state index >= 15 is 0 Å². The molecule has 2 atom stereocenters. The monoisotopic (exact) mass is 321 g/mol. The van der Waals surface area contributed by atoms with Crippen LogP contribution in [0.5, 0.6) is 0 Å². The van der Waals surface area contributed by atoms with Crippen molar-refractivity contribution in [3.05, 3.63) is 28.2 Å². The number of halogens is 4. The van der Waals surface area contributed by atoms with Crippen molar-refractivity contribution < 1.29 is 13.2 Å². The van der Waals surface area contributed by atoms with Crippen LogP contribution in [0.15, 0.2) is 22.7 Å². The summed E-state index contributed by atoms with van der Waals surface area (Å²) in [6.07, 6.45) is -1.23. The zero-order valence-electron chi connectivity index (χ0n) is 10.0. The molecule has 1 aliphatic carbocycles. The molecule has 0 saturated heterocycles. The van der Waals surface area contributed by atoms with E-state index in [1.54, 1.807) is 6.07 Å². The molecule has 0 radical (unpaired) electrons. The van der Waals surface area contributed by atoms with Gasteiger partial charge in [0.1, 0.15) is 0 Å². The average Bonchev–Trinajstić information content (AvgIpc) is 2.66. The maximum Gasteiger partial charge on any atom is 0.418 e. The van der Waals surface area contributed by atoms with E-state index in [9.17, 15) is 13.2 Å². The fourth-order valence-electron chi connectivity index (χ4n) is 2.44. The largest absolute Gasteiger partial charge is 0.418 e. The number of rotatable bonds is 2. The molecular formula is C13H15BrF3N. The third kappa shape index (κ3) is 2.99. The highest BCUT2D eigenvalue weighted by molar-refractivity contribution is 9.10. The molecule has 1 saturated carbocycles. The molecule has 2 rings (SSSR count). The van der Waals surface area contributed by atoms with Gasteiger partial charge in [0.15, 0.2) is 0 Å². The second-order valence-corrected chi connectivity index (χ2v) is 5.76. The van der Waals surface area contributed by atoms with E-state index in [0.717, 1.165) is 25.3 Å². The van der Waals surface area contributed by atoms with E-state index < -0.39 is 11.7 Å². The van der Waals surface area contributed by atoms with Gasteiger partial charge >= 0.3 is 6.18 Å². The van der Waals surface area contributed by atoms with Crippen molar-refractivity contribution in [2.75, 3.05) is 5.32 Å². The first-order valence-corrected chi connectivity index (χ1v) is 6.80. The Hall–Kier alpha value is -0.710. The topological polar surface area (TPSA) is 12.0 Å². The molecule has 2 unspecified atom stereocenters. The van der Waals surface area contributed by atoms with Crippen LogP contribution in [0.25, 0.3) is 0 Å². The third-order valence-corrected chi connectivity index (χ3v) is 3.98. The molecule has 1 aromatic carbocycles. The molecule has 18 heavy (non-hydrogen) atoms. The smallest absolute Gasteiger partial charge is 0.382 e. The van der Waals surface area contributed by atoms with Gasteiger partial charge in [-0.1, -0.05) is 29.3 Å². The molecule has 1 nitrogen and oxygen atoms in total. The molecule has 100 valence electrons. The Balaban J connectivity index is 2.27. The van der Waals surface area contributed by atoms with Crippen molar-refractivity contribution in [2.45, 2.75) is 38.4 Å². The predicted molar refractivity (Wildman–Crippen MR) is 69.6 cm³/mol. The highest BCUT2D eigenvalue weighted by Gasteiger charge is 2.35. The summed E-state index contributed by atoms with van der Waals surface area (Å²) in [5, 5.41) is 3.05. The van der Waals surface area contributed by atoms with Gasteiger partial charge in [-0.15, -0.1) is 0 Å². The highest BCUT2D eigenvalue weighted by Crippen LogP contribution is 2.38. The summed E-state index contributed by atoms with van der Waals surface area (Å²) in [5.74, 6) is 0.426. The Morgan fingerprint density at radius 2 is 2.00 bits per heavy atom. The number of benzene rings is 1. The summed E-state index contributed by atoms with van der Waals surface area (Å²) in [5.41, 5.74) is -0.416. The van der Waals surface area contributed by atoms with Crippen LogP contribution in [0.3, 0.4) is 0 Å². The fourth-order valence-corrected chi connectivity index (χ4v) is 2.80. The quantitative estimate of drug-likeness (QED) is 0.802. The molecule has 5 heteroatoms. The van der Waals surface area contributed by atoms with Crippen LogP contribution in [0.2, 0.25) is 0 Å². The van der Waals surface area contributed by atoms with Gasteiger partial charge in [0, 0.05) is 16.2 Å². The molecule has 0 aromatic heterocycles. The lowest BCUT2D eigenvalue weighted by Gasteiger charge is -2.22. The molecule has 1 aromatic rings. The summed E-state index contributed by atoms with van der Waals surface area (Å²) in [6.45, 7) is 2.08. The number of alkyl halides is 3. The van der Waals surface area contributed by atoms with Crippen molar-refractivity contribution in [1.82, 2.24) is 0 Å². The summed E-state index contributed by atoms with van der Waals surface area (Å²) >= 11 is 3.09. The Labute approximate surface area is 113 Å². The van der Waals surface area contributed by atoms with E-state index in [1.165, 1.54) is 6.07 Å². The van der Waals surface area contributed by atoms with Gasteiger partial charge < -0.3 is 5.32 Å². The summed E-state index contributed by atoms with van der Waals surface area (Å²) < 4.78 is 39.3. The molecule has 0 heterocycles. The molecule has 1 aliphatic rings. The summed E-state index contributed by atoms with van der Waals surface area (Å²) in [6, 6.07) is 4.41. The lowest BCUT2D eigenvalue weighted by atomic mass is 10.0. The minimum absolute atomic E-state index is 0.146. The predicted octanol–water partition coefficient (Wildman–Crippen LogP) is 5.07. The van der Waals surface area contributed by atoms with E-state index in [4.69, 9.17) is 0 Å². The van der Waals surface area contributed by atoms with Crippen LogP contribution >= 0.6 is 15.9 Å². The zero-order chi connectivity index (χ0) is 13.3. The molecule has 0 aliphatic heterocycles. The number of hydrogen-bond donors (Lipinski definition) is 1. The standard InChI is InChI=1S/C13H15BrF3N/c1-8-3-2-4-11(8)18-12-6-5-9(14)7-10(12)13(15,16)17/h5-8,11,18H,2-4H2,1H3. The van der Waals surface area contributed by atoms with Crippen molar-refractivity contribution in [3.63, 3.8) is 0 Å². The van der Waals surface area contributed by atoms with Gasteiger partial charge in [0.2, 0.25) is 0 Å². The summed E-state index contributed by atoms with van der Waals surface area (Å²) in [4.78, 5) is 0. The Bertz CT molecular complexity index is 431. The number of nitrogens with one attached hydrogen (secondary N) is 1. The molecule has 1 fully saturated rings. The van der Waals surface area contributed by atoms with Gasteiger partial charge in [-0.3, -0.25) is 0 Å². The van der Waals surface area contributed by atoms with Gasteiger partial charge in [-0.05, 0) is 37.0 Å². The van der Waals surface area contributed by atoms with Crippen LogP contribution in [0.4, 0.5) is 18.9 Å². The van der Waals surface area contributed by atoms with E-state index in [-0.39, 0.29) is 11.7 Å². The van der Waals surface area contributed by atoms with Crippen molar-refractivity contribution in [2.24, 2.45) is 5.92 Å².